The minimum Gasteiger partial charge on any atom is -0.480 e. The number of hydrogen-bond acceptors (Lipinski definition) is 2. The van der Waals surface area contributed by atoms with Crippen LogP contribution in [0.3, 0.4) is 0 Å². The molecule has 4 nitrogen and oxygen atoms in total. The molecule has 0 radical (unpaired) electrons. The van der Waals surface area contributed by atoms with Gasteiger partial charge in [0, 0.05) is 5.92 Å². The predicted molar refractivity (Wildman–Crippen MR) is 56.7 cm³/mol. The average molecular weight is 265 g/mol. The first kappa shape index (κ1) is 14.5. The normalized spacial score (nSPS) is 22.4. The summed E-state index contributed by atoms with van der Waals surface area (Å²) in [6, 6.07) is -1.56. The van der Waals surface area contributed by atoms with Gasteiger partial charge >= 0.3 is 18.1 Å². The first-order valence-corrected chi connectivity index (χ1v) is 5.51. The summed E-state index contributed by atoms with van der Waals surface area (Å²) in [5, 5.41) is 10.5. The molecule has 0 bridgehead atoms. The molecule has 2 N–H and O–H groups in total. The van der Waals surface area contributed by atoms with E-state index in [1.807, 2.05) is 0 Å². The Balaban J connectivity index is 2.80. The number of halogens is 3. The highest BCUT2D eigenvalue weighted by Crippen LogP contribution is 2.31. The topological polar surface area (TPSA) is 66.4 Å². The Morgan fingerprint density at radius 3 is 2.44 bits per heavy atom. The van der Waals surface area contributed by atoms with Crippen molar-refractivity contribution in [1.82, 2.24) is 5.32 Å². The first-order valence-electron chi connectivity index (χ1n) is 5.51. The molecule has 1 fully saturated rings. The standard InChI is InChI=1S/C11H14F3NO3/c1-6-4-2-3-5-7(6)8(9(16)17)15-10(18)11(12,13)14/h7-8H,1-5H2,(H,15,18)(H,16,17)/t7-,8+/m1/s1. The lowest BCUT2D eigenvalue weighted by Gasteiger charge is -2.30. The quantitative estimate of drug-likeness (QED) is 0.765. The van der Waals surface area contributed by atoms with Crippen LogP contribution in [0.1, 0.15) is 25.7 Å². The fourth-order valence-electron chi connectivity index (χ4n) is 2.07. The second-order valence-corrected chi connectivity index (χ2v) is 4.30. The zero-order chi connectivity index (χ0) is 13.9. The Kier molecular flexibility index (Phi) is 4.37. The van der Waals surface area contributed by atoms with E-state index in [4.69, 9.17) is 5.11 Å². The third-order valence-electron chi connectivity index (χ3n) is 3.00. The Bertz CT molecular complexity index is 365. The molecule has 0 heterocycles. The van der Waals surface area contributed by atoms with E-state index in [1.54, 1.807) is 0 Å². The van der Waals surface area contributed by atoms with Crippen LogP contribution in [-0.4, -0.2) is 29.2 Å². The minimum atomic E-state index is -5.08. The van der Waals surface area contributed by atoms with Crippen molar-refractivity contribution in [2.75, 3.05) is 0 Å². The van der Waals surface area contributed by atoms with E-state index >= 15 is 0 Å². The number of hydrogen-bond donors (Lipinski definition) is 2. The van der Waals surface area contributed by atoms with Gasteiger partial charge in [0.15, 0.2) is 0 Å². The van der Waals surface area contributed by atoms with Crippen molar-refractivity contribution in [3.05, 3.63) is 12.2 Å². The van der Waals surface area contributed by atoms with Crippen LogP contribution >= 0.6 is 0 Å². The van der Waals surface area contributed by atoms with Crippen molar-refractivity contribution < 1.29 is 27.9 Å². The van der Waals surface area contributed by atoms with Gasteiger partial charge in [-0.25, -0.2) is 4.79 Å². The number of alkyl halides is 3. The first-order chi connectivity index (χ1) is 8.23. The van der Waals surface area contributed by atoms with Crippen LogP contribution in [0.15, 0.2) is 12.2 Å². The molecular formula is C11H14F3NO3. The van der Waals surface area contributed by atoms with Gasteiger partial charge in [0.05, 0.1) is 0 Å². The number of carboxylic acids is 1. The summed E-state index contributed by atoms with van der Waals surface area (Å²) in [7, 11) is 0. The lowest BCUT2D eigenvalue weighted by atomic mass is 9.80. The highest BCUT2D eigenvalue weighted by atomic mass is 19.4. The van der Waals surface area contributed by atoms with Crippen LogP contribution in [-0.2, 0) is 9.59 Å². The van der Waals surface area contributed by atoms with Crippen LogP contribution in [0.25, 0.3) is 0 Å². The molecule has 0 aromatic carbocycles. The third-order valence-corrected chi connectivity index (χ3v) is 3.00. The molecule has 0 aliphatic heterocycles. The highest BCUT2D eigenvalue weighted by Gasteiger charge is 2.43. The Morgan fingerprint density at radius 1 is 1.39 bits per heavy atom. The van der Waals surface area contributed by atoms with Crippen molar-refractivity contribution in [3.8, 4) is 0 Å². The van der Waals surface area contributed by atoms with Gasteiger partial charge in [0.2, 0.25) is 0 Å². The van der Waals surface area contributed by atoms with E-state index in [1.165, 1.54) is 5.32 Å². The maximum Gasteiger partial charge on any atom is 0.471 e. The van der Waals surface area contributed by atoms with Crippen molar-refractivity contribution in [1.29, 1.82) is 0 Å². The van der Waals surface area contributed by atoms with E-state index in [0.29, 0.717) is 18.4 Å². The molecule has 2 atom stereocenters. The lowest BCUT2D eigenvalue weighted by Crippen LogP contribution is -2.51. The summed E-state index contributed by atoms with van der Waals surface area (Å²) in [4.78, 5) is 21.8. The Labute approximate surface area is 102 Å². The largest absolute Gasteiger partial charge is 0.480 e. The van der Waals surface area contributed by atoms with Gasteiger partial charge in [-0.3, -0.25) is 4.79 Å². The van der Waals surface area contributed by atoms with E-state index in [0.717, 1.165) is 12.8 Å². The highest BCUT2D eigenvalue weighted by molar-refractivity contribution is 5.87. The molecule has 18 heavy (non-hydrogen) atoms. The van der Waals surface area contributed by atoms with Crippen molar-refractivity contribution >= 4 is 11.9 Å². The molecule has 1 saturated carbocycles. The van der Waals surface area contributed by atoms with E-state index in [9.17, 15) is 22.8 Å². The maximum atomic E-state index is 12.1. The number of carbonyl (C=O) groups is 2. The van der Waals surface area contributed by atoms with Crippen molar-refractivity contribution in [2.24, 2.45) is 5.92 Å². The van der Waals surface area contributed by atoms with Gasteiger partial charge in [0.25, 0.3) is 0 Å². The molecule has 0 spiro atoms. The van der Waals surface area contributed by atoms with Gasteiger partial charge in [-0.05, 0) is 19.3 Å². The van der Waals surface area contributed by atoms with E-state index < -0.39 is 30.0 Å². The Hall–Kier alpha value is -1.53. The number of carbonyl (C=O) groups excluding carboxylic acids is 1. The smallest absolute Gasteiger partial charge is 0.471 e. The fourth-order valence-corrected chi connectivity index (χ4v) is 2.07. The van der Waals surface area contributed by atoms with Gasteiger partial charge < -0.3 is 10.4 Å². The predicted octanol–water partition coefficient (Wildman–Crippen LogP) is 1.86. The third kappa shape index (κ3) is 3.48. The van der Waals surface area contributed by atoms with Crippen LogP contribution in [0.5, 0.6) is 0 Å². The number of aliphatic carboxylic acids is 1. The molecule has 0 saturated heterocycles. The number of carboxylic acid groups (broad SMARTS) is 1. The number of nitrogens with one attached hydrogen (secondary N) is 1. The maximum absolute atomic E-state index is 12.1. The zero-order valence-electron chi connectivity index (χ0n) is 9.59. The number of rotatable bonds is 3. The molecule has 0 aromatic heterocycles. The minimum absolute atomic E-state index is 0.425. The van der Waals surface area contributed by atoms with Crippen molar-refractivity contribution in [2.45, 2.75) is 37.9 Å². The second-order valence-electron chi connectivity index (χ2n) is 4.30. The van der Waals surface area contributed by atoms with Crippen molar-refractivity contribution in [3.63, 3.8) is 0 Å². The van der Waals surface area contributed by atoms with Crippen LogP contribution in [0.2, 0.25) is 0 Å². The van der Waals surface area contributed by atoms with Gasteiger partial charge in [-0.1, -0.05) is 18.6 Å². The van der Waals surface area contributed by atoms with Crippen LogP contribution in [0, 0.1) is 5.92 Å². The molecule has 1 rings (SSSR count). The SMILES string of the molecule is C=C1CCCC[C@H]1[C@H](NC(=O)C(F)(F)F)C(=O)O. The summed E-state index contributed by atoms with van der Waals surface area (Å²) in [6.45, 7) is 3.67. The Morgan fingerprint density at radius 2 is 2.00 bits per heavy atom. The van der Waals surface area contributed by atoms with Gasteiger partial charge in [-0.15, -0.1) is 0 Å². The molecule has 0 unspecified atom stereocenters. The fraction of sp³-hybridized carbons (Fsp3) is 0.636. The molecule has 7 heteroatoms. The molecule has 102 valence electrons. The summed E-state index contributed by atoms with van der Waals surface area (Å²) >= 11 is 0. The van der Waals surface area contributed by atoms with E-state index in [-0.39, 0.29) is 0 Å². The second kappa shape index (κ2) is 5.41. The van der Waals surface area contributed by atoms with Crippen LogP contribution in [0.4, 0.5) is 13.2 Å². The molecule has 0 aromatic rings. The van der Waals surface area contributed by atoms with E-state index in [2.05, 4.69) is 6.58 Å². The van der Waals surface area contributed by atoms with Gasteiger partial charge in [0.1, 0.15) is 6.04 Å². The zero-order valence-corrected chi connectivity index (χ0v) is 9.59. The molecule has 1 aliphatic rings. The summed E-state index contributed by atoms with van der Waals surface area (Å²) in [5.74, 6) is -4.34. The summed E-state index contributed by atoms with van der Waals surface area (Å²) < 4.78 is 36.3. The lowest BCUT2D eigenvalue weighted by molar-refractivity contribution is -0.176. The monoisotopic (exact) mass is 265 g/mol. The van der Waals surface area contributed by atoms with Crippen LogP contribution < -0.4 is 5.32 Å². The molecular weight excluding hydrogens is 251 g/mol. The van der Waals surface area contributed by atoms with Gasteiger partial charge in [-0.2, -0.15) is 13.2 Å². The number of amides is 1. The summed E-state index contributed by atoms with van der Waals surface area (Å²) in [6.07, 6.45) is -2.52. The molecule has 1 aliphatic carbocycles. The average Bonchev–Trinajstić information content (AvgIpc) is 2.25. The molecule has 1 amide bonds. The summed E-state index contributed by atoms with van der Waals surface area (Å²) in [5.41, 5.74) is 0.580.